The van der Waals surface area contributed by atoms with Gasteiger partial charge in [-0.3, -0.25) is 0 Å². The molecule has 0 aromatic rings. The van der Waals surface area contributed by atoms with E-state index in [2.05, 4.69) is 20.8 Å². The van der Waals surface area contributed by atoms with E-state index in [4.69, 9.17) is 14.0 Å². The fourth-order valence-corrected chi connectivity index (χ4v) is 1.63. The van der Waals surface area contributed by atoms with Gasteiger partial charge in [-0.05, 0) is 38.5 Å². The molecule has 0 amide bonds. The third-order valence-electron chi connectivity index (χ3n) is 3.03. The first-order valence-corrected chi connectivity index (χ1v) is 8.76. The Labute approximate surface area is 137 Å². The predicted octanol–water partition coefficient (Wildman–Crippen LogP) is 6.13. The maximum Gasteiger partial charge on any atom is 0.862 e. The average molecular weight is 308 g/mol. The molecule has 0 saturated carbocycles. The highest BCUT2D eigenvalue weighted by atomic mass is 16.7. The van der Waals surface area contributed by atoms with Crippen LogP contribution in [0.2, 0.25) is 0 Å². The summed E-state index contributed by atoms with van der Waals surface area (Å²) in [5.74, 6) is 0. The van der Waals surface area contributed by atoms with Gasteiger partial charge in [0, 0.05) is 0 Å². The Morgan fingerprint density at radius 1 is 0.591 bits per heavy atom. The van der Waals surface area contributed by atoms with Gasteiger partial charge in [0.05, 0.1) is 18.8 Å². The smallest absolute Gasteiger partial charge is 0.497 e. The molecule has 22 heavy (non-hydrogen) atoms. The van der Waals surface area contributed by atoms with Gasteiger partial charge in [0.2, 0.25) is 0 Å². The molecule has 0 fully saturated rings. The fourth-order valence-electron chi connectivity index (χ4n) is 1.63. The van der Waals surface area contributed by atoms with Crippen LogP contribution < -0.4 is 0 Å². The molecule has 0 spiro atoms. The lowest BCUT2D eigenvalue weighted by molar-refractivity contribution is 0.222. The van der Waals surface area contributed by atoms with Crippen molar-refractivity contribution in [3.05, 3.63) is 37.0 Å². The Morgan fingerprint density at radius 3 is 1.18 bits per heavy atom. The largest absolute Gasteiger partial charge is 0.862 e. The molecule has 0 heterocycles. The first-order valence-electron chi connectivity index (χ1n) is 8.76. The van der Waals surface area contributed by atoms with E-state index in [-0.39, 0.29) is 0 Å². The average Bonchev–Trinajstić information content (AvgIpc) is 2.53. The van der Waals surface area contributed by atoms with E-state index in [0.29, 0.717) is 0 Å². The van der Waals surface area contributed by atoms with E-state index in [1.165, 1.54) is 38.5 Å². The summed E-state index contributed by atoms with van der Waals surface area (Å²) >= 11 is 0. The van der Waals surface area contributed by atoms with Gasteiger partial charge in [-0.25, -0.2) is 0 Å². The number of hydrogen-bond donors (Lipinski definition) is 0. The van der Waals surface area contributed by atoms with Crippen LogP contribution in [0.4, 0.5) is 0 Å². The van der Waals surface area contributed by atoms with Crippen LogP contribution in [0.3, 0.4) is 0 Å². The third-order valence-corrected chi connectivity index (χ3v) is 3.03. The molecule has 0 aliphatic carbocycles. The van der Waals surface area contributed by atoms with Crippen LogP contribution in [0, 0.1) is 0 Å². The van der Waals surface area contributed by atoms with E-state index in [9.17, 15) is 0 Å². The van der Waals surface area contributed by atoms with Crippen molar-refractivity contribution in [1.82, 2.24) is 0 Å². The molecule has 3 nitrogen and oxygen atoms in total. The molecule has 0 rings (SSSR count). The maximum atomic E-state index is 5.47. The van der Waals surface area contributed by atoms with Crippen LogP contribution in [0.15, 0.2) is 37.0 Å². The maximum absolute atomic E-state index is 5.47. The van der Waals surface area contributed by atoms with Crippen molar-refractivity contribution in [3.63, 3.8) is 0 Å². The first kappa shape index (κ1) is 20.7. The summed E-state index contributed by atoms with van der Waals surface area (Å²) in [7, 11) is -0.714. The second kappa shape index (κ2) is 17.7. The van der Waals surface area contributed by atoms with Gasteiger partial charge >= 0.3 is 7.32 Å². The lowest BCUT2D eigenvalue weighted by Crippen LogP contribution is -2.20. The monoisotopic (exact) mass is 308 g/mol. The number of rotatable bonds is 15. The van der Waals surface area contributed by atoms with E-state index in [1.54, 1.807) is 18.8 Å². The molecular weight excluding hydrogens is 275 g/mol. The van der Waals surface area contributed by atoms with Crippen LogP contribution >= 0.6 is 0 Å². The van der Waals surface area contributed by atoms with Crippen molar-refractivity contribution in [2.24, 2.45) is 0 Å². The van der Waals surface area contributed by atoms with Gasteiger partial charge < -0.3 is 14.0 Å². The molecule has 0 aliphatic heterocycles. The Morgan fingerprint density at radius 2 is 0.909 bits per heavy atom. The quantitative estimate of drug-likeness (QED) is 0.207. The summed E-state index contributed by atoms with van der Waals surface area (Å²) in [5, 5.41) is 0. The Kier molecular flexibility index (Phi) is 16.7. The van der Waals surface area contributed by atoms with Crippen molar-refractivity contribution < 1.29 is 14.0 Å². The van der Waals surface area contributed by atoms with Gasteiger partial charge in [0.25, 0.3) is 0 Å². The molecule has 0 aromatic carbocycles. The van der Waals surface area contributed by atoms with Gasteiger partial charge in [0.15, 0.2) is 0 Å². The molecule has 0 radical (unpaired) electrons. The molecule has 0 bridgehead atoms. The lowest BCUT2D eigenvalue weighted by atomic mass is 10.2. The predicted molar refractivity (Wildman–Crippen MR) is 95.0 cm³/mol. The fraction of sp³-hybridized carbons (Fsp3) is 0.667. The van der Waals surface area contributed by atoms with Crippen LogP contribution in [0.5, 0.6) is 0 Å². The number of hydrogen-bond acceptors (Lipinski definition) is 3. The van der Waals surface area contributed by atoms with Crippen molar-refractivity contribution in [2.75, 3.05) is 0 Å². The summed E-state index contributed by atoms with van der Waals surface area (Å²) in [6.45, 7) is 6.52. The molecular formula is C18H33BO3. The van der Waals surface area contributed by atoms with Gasteiger partial charge in [-0.2, -0.15) is 0 Å². The van der Waals surface area contributed by atoms with E-state index < -0.39 is 7.32 Å². The zero-order valence-corrected chi connectivity index (χ0v) is 14.6. The molecule has 126 valence electrons. The Balaban J connectivity index is 4.09. The minimum atomic E-state index is -0.714. The Bertz CT molecular complexity index is 253. The highest BCUT2D eigenvalue weighted by molar-refractivity contribution is 6.37. The second-order valence-electron chi connectivity index (χ2n) is 5.24. The summed E-state index contributed by atoms with van der Waals surface area (Å²) < 4.78 is 16.4. The summed E-state index contributed by atoms with van der Waals surface area (Å²) in [6.07, 6.45) is 21.1. The zero-order valence-electron chi connectivity index (χ0n) is 14.6. The summed E-state index contributed by atoms with van der Waals surface area (Å²) in [5.41, 5.74) is 0. The van der Waals surface area contributed by atoms with Gasteiger partial charge in [-0.15, -0.1) is 0 Å². The van der Waals surface area contributed by atoms with E-state index in [1.807, 2.05) is 18.2 Å². The summed E-state index contributed by atoms with van der Waals surface area (Å²) in [6, 6.07) is 0. The number of allylic oxidation sites excluding steroid dienone is 3. The third kappa shape index (κ3) is 15.1. The molecule has 0 aromatic heterocycles. The number of unbranched alkanes of at least 4 members (excludes halogenated alkanes) is 6. The standard InChI is InChI=1S/C18H33BO3/c1-4-7-10-13-16-20-19(21-17-14-11-8-5-2)22-18-15-12-9-6-3/h13-18H,4-12H2,1-3H3/b16-13-,17-14?,18-15?. The van der Waals surface area contributed by atoms with E-state index in [0.717, 1.165) is 19.3 Å². The highest BCUT2D eigenvalue weighted by Crippen LogP contribution is 2.02. The Hall–Kier alpha value is -1.32. The normalized spacial score (nSPS) is 11.6. The topological polar surface area (TPSA) is 27.7 Å². The van der Waals surface area contributed by atoms with Crippen molar-refractivity contribution >= 4 is 7.32 Å². The van der Waals surface area contributed by atoms with Crippen LogP contribution in [-0.2, 0) is 14.0 Å². The van der Waals surface area contributed by atoms with Crippen molar-refractivity contribution in [3.8, 4) is 0 Å². The van der Waals surface area contributed by atoms with Gasteiger partial charge in [0.1, 0.15) is 0 Å². The molecule has 0 N–H and O–H groups in total. The molecule has 0 atom stereocenters. The second-order valence-corrected chi connectivity index (χ2v) is 5.24. The minimum Gasteiger partial charge on any atom is -0.497 e. The van der Waals surface area contributed by atoms with Gasteiger partial charge in [-0.1, -0.05) is 58.3 Å². The van der Waals surface area contributed by atoms with E-state index >= 15 is 0 Å². The zero-order chi connectivity index (χ0) is 16.3. The molecule has 0 saturated heterocycles. The van der Waals surface area contributed by atoms with Crippen molar-refractivity contribution in [1.29, 1.82) is 0 Å². The SMILES string of the molecule is CCCCC=COB(OC=CCCCC)O/C=C\CCCC. The van der Waals surface area contributed by atoms with Crippen molar-refractivity contribution in [2.45, 2.75) is 78.6 Å². The van der Waals surface area contributed by atoms with Crippen LogP contribution in [0.1, 0.15) is 78.6 Å². The molecule has 0 aliphatic rings. The molecule has 4 heteroatoms. The summed E-state index contributed by atoms with van der Waals surface area (Å²) in [4.78, 5) is 0. The lowest BCUT2D eigenvalue weighted by Gasteiger charge is -2.08. The highest BCUT2D eigenvalue weighted by Gasteiger charge is 2.24. The minimum absolute atomic E-state index is 0.714. The van der Waals surface area contributed by atoms with Crippen LogP contribution in [-0.4, -0.2) is 7.32 Å². The molecule has 0 unspecified atom stereocenters. The first-order chi connectivity index (χ1) is 10.8. The van der Waals surface area contributed by atoms with Crippen LogP contribution in [0.25, 0.3) is 0 Å².